The van der Waals surface area contributed by atoms with Crippen LogP contribution in [-0.4, -0.2) is 15.0 Å². The molecule has 0 aliphatic carbocycles. The van der Waals surface area contributed by atoms with Crippen LogP contribution in [0.1, 0.15) is 25.5 Å². The summed E-state index contributed by atoms with van der Waals surface area (Å²) in [5.74, 6) is -0.368. The molecule has 0 aliphatic heterocycles. The number of fused-ring (bicyclic) bond motifs is 1. The normalized spacial score (nSPS) is 12.1. The smallest absolute Gasteiger partial charge is 0.331 e. The Balaban J connectivity index is 1.93. The molecule has 146 valence electrons. The number of hydrogen-bond donors (Lipinski definition) is 1. The molecule has 0 spiro atoms. The van der Waals surface area contributed by atoms with E-state index in [0.29, 0.717) is 20.9 Å². The van der Waals surface area contributed by atoms with Crippen LogP contribution < -0.4 is 16.6 Å². The summed E-state index contributed by atoms with van der Waals surface area (Å²) in [7, 11) is 0. The van der Waals surface area contributed by atoms with E-state index in [-0.39, 0.29) is 30.6 Å². The summed E-state index contributed by atoms with van der Waals surface area (Å²) in [6.07, 6.45) is 0. The van der Waals surface area contributed by atoms with Crippen molar-refractivity contribution in [1.82, 2.24) is 14.5 Å². The number of nitrogens with zero attached hydrogens (tertiary/aromatic N) is 2. The quantitative estimate of drug-likeness (QED) is 0.688. The fraction of sp³-hybridized carbons (Fsp3) is 0.250. The van der Waals surface area contributed by atoms with Gasteiger partial charge < -0.3 is 5.32 Å². The third-order valence-corrected chi connectivity index (χ3v) is 5.12. The van der Waals surface area contributed by atoms with E-state index in [2.05, 4.69) is 5.32 Å². The highest BCUT2D eigenvalue weighted by molar-refractivity contribution is 6.35. The van der Waals surface area contributed by atoms with Crippen molar-refractivity contribution in [2.24, 2.45) is 0 Å². The van der Waals surface area contributed by atoms with Crippen LogP contribution in [0.5, 0.6) is 0 Å². The van der Waals surface area contributed by atoms with Crippen LogP contribution in [-0.2, 0) is 17.9 Å². The number of amides is 1. The van der Waals surface area contributed by atoms with Crippen molar-refractivity contribution < 1.29 is 4.79 Å². The van der Waals surface area contributed by atoms with Crippen LogP contribution >= 0.6 is 23.2 Å². The summed E-state index contributed by atoms with van der Waals surface area (Å²) in [5.41, 5.74) is 0.268. The molecule has 1 N–H and O–H groups in total. The topological polar surface area (TPSA) is 73.1 Å². The Morgan fingerprint density at radius 1 is 1.11 bits per heavy atom. The van der Waals surface area contributed by atoms with Gasteiger partial charge >= 0.3 is 5.69 Å². The van der Waals surface area contributed by atoms with Gasteiger partial charge in [-0.2, -0.15) is 0 Å². The van der Waals surface area contributed by atoms with Gasteiger partial charge in [-0.1, -0.05) is 41.4 Å². The number of halogens is 2. The summed E-state index contributed by atoms with van der Waals surface area (Å²) in [6.45, 7) is 3.52. The van der Waals surface area contributed by atoms with Gasteiger partial charge in [-0.05, 0) is 43.7 Å². The molecule has 0 radical (unpaired) electrons. The minimum absolute atomic E-state index is 0.213. The number of nitrogens with one attached hydrogen (secondary N) is 1. The minimum Gasteiger partial charge on any atom is -0.348 e. The van der Waals surface area contributed by atoms with Gasteiger partial charge in [0.15, 0.2) is 0 Å². The molecule has 0 bridgehead atoms. The van der Waals surface area contributed by atoms with Crippen molar-refractivity contribution in [3.63, 3.8) is 0 Å². The molecule has 3 rings (SSSR count). The number of benzene rings is 2. The van der Waals surface area contributed by atoms with E-state index in [1.807, 2.05) is 0 Å². The first-order valence-electron chi connectivity index (χ1n) is 8.80. The van der Waals surface area contributed by atoms with Gasteiger partial charge in [-0.3, -0.25) is 18.7 Å². The number of aromatic nitrogens is 2. The molecule has 0 saturated carbocycles. The van der Waals surface area contributed by atoms with Crippen LogP contribution in [0.25, 0.3) is 10.9 Å². The van der Waals surface area contributed by atoms with Crippen LogP contribution in [0.4, 0.5) is 0 Å². The predicted octanol–water partition coefficient (Wildman–Crippen LogP) is 3.37. The lowest BCUT2D eigenvalue weighted by Crippen LogP contribution is -2.42. The molecule has 1 aromatic heterocycles. The third kappa shape index (κ3) is 3.84. The SMILES string of the molecule is CCn1c(=O)c2ccccc2n(CC(=O)NC(C)c2ccc(Cl)cc2Cl)c1=O. The molecule has 2 aromatic carbocycles. The molecular weight excluding hydrogens is 401 g/mol. The number of carbonyl (C=O) groups excluding carboxylic acids is 1. The standard InChI is InChI=1S/C20H19Cl2N3O3/c1-3-24-19(27)15-6-4-5-7-17(15)25(20(24)28)11-18(26)23-12(2)14-9-8-13(21)10-16(14)22/h4-10,12H,3,11H2,1-2H3,(H,23,26). The van der Waals surface area contributed by atoms with Crippen molar-refractivity contribution in [3.05, 3.63) is 78.9 Å². The average Bonchev–Trinajstić information content (AvgIpc) is 2.65. The fourth-order valence-electron chi connectivity index (χ4n) is 3.16. The Kier molecular flexibility index (Phi) is 5.91. The fourth-order valence-corrected chi connectivity index (χ4v) is 3.74. The first-order valence-corrected chi connectivity index (χ1v) is 9.55. The van der Waals surface area contributed by atoms with Gasteiger partial charge in [-0.25, -0.2) is 4.79 Å². The van der Waals surface area contributed by atoms with Crippen LogP contribution in [0.2, 0.25) is 10.0 Å². The molecule has 0 saturated heterocycles. The maximum absolute atomic E-state index is 12.7. The Labute approximate surface area is 171 Å². The maximum Gasteiger partial charge on any atom is 0.331 e. The molecule has 1 atom stereocenters. The summed E-state index contributed by atoms with van der Waals surface area (Å²) < 4.78 is 2.43. The van der Waals surface area contributed by atoms with Gasteiger partial charge in [0, 0.05) is 16.6 Å². The molecule has 1 heterocycles. The van der Waals surface area contributed by atoms with E-state index in [0.717, 1.165) is 10.1 Å². The lowest BCUT2D eigenvalue weighted by Gasteiger charge is -2.18. The molecule has 0 fully saturated rings. The summed E-state index contributed by atoms with van der Waals surface area (Å²) in [6, 6.07) is 11.4. The van der Waals surface area contributed by atoms with Gasteiger partial charge in [0.05, 0.1) is 16.9 Å². The van der Waals surface area contributed by atoms with E-state index in [1.54, 1.807) is 56.3 Å². The highest BCUT2D eigenvalue weighted by Crippen LogP contribution is 2.26. The first kappa shape index (κ1) is 20.2. The molecule has 0 aliphatic rings. The minimum atomic E-state index is -0.515. The molecule has 1 unspecified atom stereocenters. The number of hydrogen-bond acceptors (Lipinski definition) is 3. The maximum atomic E-state index is 12.7. The Bertz CT molecular complexity index is 1170. The summed E-state index contributed by atoms with van der Waals surface area (Å²) >= 11 is 12.1. The third-order valence-electron chi connectivity index (χ3n) is 4.56. The van der Waals surface area contributed by atoms with Crippen molar-refractivity contribution >= 4 is 40.0 Å². The van der Waals surface area contributed by atoms with Crippen LogP contribution in [0.3, 0.4) is 0 Å². The Morgan fingerprint density at radius 3 is 2.50 bits per heavy atom. The van der Waals surface area contributed by atoms with Crippen LogP contribution in [0, 0.1) is 0 Å². The van der Waals surface area contributed by atoms with Crippen molar-refractivity contribution in [1.29, 1.82) is 0 Å². The Hall–Kier alpha value is -2.57. The largest absolute Gasteiger partial charge is 0.348 e. The zero-order chi connectivity index (χ0) is 20.4. The highest BCUT2D eigenvalue weighted by Gasteiger charge is 2.17. The molecule has 8 heteroatoms. The van der Waals surface area contributed by atoms with Gasteiger partial charge in [-0.15, -0.1) is 0 Å². The zero-order valence-electron chi connectivity index (χ0n) is 15.4. The summed E-state index contributed by atoms with van der Waals surface area (Å²) in [5, 5.41) is 4.18. The van der Waals surface area contributed by atoms with Crippen molar-refractivity contribution in [2.75, 3.05) is 0 Å². The van der Waals surface area contributed by atoms with E-state index in [9.17, 15) is 14.4 Å². The Morgan fingerprint density at radius 2 is 1.82 bits per heavy atom. The molecule has 6 nitrogen and oxygen atoms in total. The first-order chi connectivity index (χ1) is 13.3. The van der Waals surface area contributed by atoms with Crippen molar-refractivity contribution in [3.8, 4) is 0 Å². The molecule has 3 aromatic rings. The second kappa shape index (κ2) is 8.20. The lowest BCUT2D eigenvalue weighted by molar-refractivity contribution is -0.122. The van der Waals surface area contributed by atoms with Gasteiger partial charge in [0.1, 0.15) is 6.54 Å². The predicted molar refractivity (Wildman–Crippen MR) is 111 cm³/mol. The van der Waals surface area contributed by atoms with Gasteiger partial charge in [0.25, 0.3) is 5.56 Å². The van der Waals surface area contributed by atoms with E-state index in [4.69, 9.17) is 23.2 Å². The second-order valence-electron chi connectivity index (χ2n) is 6.39. The van der Waals surface area contributed by atoms with Crippen molar-refractivity contribution in [2.45, 2.75) is 33.0 Å². The zero-order valence-corrected chi connectivity index (χ0v) is 16.9. The number of carbonyl (C=O) groups is 1. The molecular formula is C20H19Cl2N3O3. The lowest BCUT2D eigenvalue weighted by atomic mass is 10.1. The van der Waals surface area contributed by atoms with E-state index >= 15 is 0 Å². The van der Waals surface area contributed by atoms with Gasteiger partial charge in [0.2, 0.25) is 5.91 Å². The molecule has 28 heavy (non-hydrogen) atoms. The highest BCUT2D eigenvalue weighted by atomic mass is 35.5. The number of rotatable bonds is 5. The molecule has 1 amide bonds. The monoisotopic (exact) mass is 419 g/mol. The summed E-state index contributed by atoms with van der Waals surface area (Å²) in [4.78, 5) is 37.8. The average molecular weight is 420 g/mol. The second-order valence-corrected chi connectivity index (χ2v) is 7.23. The van der Waals surface area contributed by atoms with Crippen LogP contribution in [0.15, 0.2) is 52.1 Å². The number of para-hydroxylation sites is 1. The van der Waals surface area contributed by atoms with E-state index < -0.39 is 5.69 Å². The van der Waals surface area contributed by atoms with E-state index in [1.165, 1.54) is 4.57 Å².